The molecule has 22 N–H and O–H groups in total. The first kappa shape index (κ1) is 66.5. The summed E-state index contributed by atoms with van der Waals surface area (Å²) >= 11 is 0. The van der Waals surface area contributed by atoms with Crippen molar-refractivity contribution in [2.75, 3.05) is 52.8 Å². The number of aliphatic hydroxyl groups is 21. The van der Waals surface area contributed by atoms with E-state index in [2.05, 4.69) is 5.32 Å². The van der Waals surface area contributed by atoms with Crippen molar-refractivity contribution >= 4 is 0 Å². The van der Waals surface area contributed by atoms with Gasteiger partial charge in [-0.3, -0.25) is 0 Å². The molecule has 0 unspecified atom stereocenters. The second-order valence-corrected chi connectivity index (χ2v) is 21.2. The van der Waals surface area contributed by atoms with E-state index in [0.717, 1.165) is 0 Å². The SMILES string of the molecule is CC[C@H](CO)NC[C@H]1O[C@@H]2O[C@H]3[C@H](O)[C@@H](O)[C@@H](O[C@H]4[C@H](O)[C@@H](O)[C@@H](O[C@H]5[C@H](O)[C@@H](O)[C@@H](O[C@H]6[C@H](O)[C@@H](O)[C@@H](O[C@H]7[C@H](O)[C@@H](O)[C@@H](O[C@H]8[C@H](O)[C@@H](O)[C@@H](O[C@H]1[C@H](O)[C@H]2O)O[C@@H]8CO)O[C@@H]7CO)O[C@@H]6CO)O[C@@H]5CO)O[C@@H]4CO)O[C@@H]3CO. The Morgan fingerprint density at radius 3 is 0.585 bits per heavy atom. The summed E-state index contributed by atoms with van der Waals surface area (Å²) in [6.07, 6.45) is -69.4. The Bertz CT molecular complexity index is 1930. The van der Waals surface area contributed by atoms with Crippen LogP contribution < -0.4 is 5.32 Å². The normalized spacial score (nSPS) is 53.1. The molecule has 0 aromatic carbocycles. The Hall–Kier alpha value is -1.44. The van der Waals surface area contributed by atoms with Gasteiger partial charge in [0.25, 0.3) is 0 Å². The quantitative estimate of drug-likeness (QED) is 0.0913. The molecular weight excluding hydrogens is 1130 g/mol. The maximum Gasteiger partial charge on any atom is 0.187 e. The van der Waals surface area contributed by atoms with Crippen LogP contribution in [0, 0.1) is 0 Å². The lowest BCUT2D eigenvalue weighted by molar-refractivity contribution is -0.396. The van der Waals surface area contributed by atoms with Crippen LogP contribution in [-0.4, -0.2) is 381 Å². The molecule has 36 atom stereocenters. The zero-order chi connectivity index (χ0) is 59.8. The molecule has 0 aromatic rings. The molecule has 82 heavy (non-hydrogen) atoms. The molecule has 0 aliphatic carbocycles. The topological polar surface area (TPSA) is 566 Å². The molecular formula is C46H79NO35. The first-order chi connectivity index (χ1) is 39.1. The summed E-state index contributed by atoms with van der Waals surface area (Å²) in [4.78, 5) is 0. The smallest absolute Gasteiger partial charge is 0.187 e. The molecule has 0 saturated carbocycles. The van der Waals surface area contributed by atoms with Crippen molar-refractivity contribution in [3.05, 3.63) is 0 Å². The standard InChI is InChI=1S/C46H79NO35/c1-2-11(4-48)47-3-12-33-19(55)26(62)40(69-12)77-34-13(5-49)71-42(28(64)21(34)57)79-36-15(7-51)73-44(30(66)23(36)59)81-38-17(9-53)75-46(32(68)25(38)61)82-39-18(10-54)74-45(31(67)24(39)60)80-37-16(8-52)72-43(29(65)22(37)58)78-35-14(6-50)70-41(76-33)27(63)20(35)56/h11-68H,2-10H2,1H3/t11-,12-,13-,14-,15-,16-,17-,18-,19-,20-,21-,22-,23-,24-,25-,26-,27-,28-,29-,30-,31-,32-,33-,34-,35-,36-,37-,38-,39-,40-,41-,42-,43-,44-,45-,46-/m1/s1. The number of ether oxygens (including phenoxy) is 14. The highest BCUT2D eigenvalue weighted by molar-refractivity contribution is 5.02. The summed E-state index contributed by atoms with van der Waals surface area (Å²) in [7, 11) is 0. The monoisotopic (exact) mass is 1210 g/mol. The molecule has 0 amide bonds. The van der Waals surface area contributed by atoms with Crippen LogP contribution in [0.1, 0.15) is 13.3 Å². The van der Waals surface area contributed by atoms with Crippen molar-refractivity contribution < 1.29 is 174 Å². The fourth-order valence-corrected chi connectivity index (χ4v) is 11.1. The Morgan fingerprint density at radius 2 is 0.427 bits per heavy atom. The molecule has 36 heteroatoms. The summed E-state index contributed by atoms with van der Waals surface area (Å²) in [6.45, 7) is -5.32. The molecule has 36 nitrogen and oxygen atoms in total. The number of nitrogens with one attached hydrogen (secondary N) is 1. The Morgan fingerprint density at radius 1 is 0.256 bits per heavy atom. The van der Waals surface area contributed by atoms with Gasteiger partial charge in [0, 0.05) is 12.6 Å². The summed E-state index contributed by atoms with van der Waals surface area (Å²) in [5.74, 6) is 0. The molecule has 21 aliphatic rings. The van der Waals surface area contributed by atoms with Gasteiger partial charge in [-0.2, -0.15) is 0 Å². The van der Waals surface area contributed by atoms with Crippen LogP contribution in [0.2, 0.25) is 0 Å². The molecule has 21 aliphatic heterocycles. The predicted octanol–water partition coefficient (Wildman–Crippen LogP) is -14.9. The summed E-state index contributed by atoms with van der Waals surface area (Å²) in [6, 6.07) is -0.616. The third-order valence-electron chi connectivity index (χ3n) is 15.9. The third kappa shape index (κ3) is 13.4. The van der Waals surface area contributed by atoms with Gasteiger partial charge in [0.2, 0.25) is 0 Å². The summed E-state index contributed by atoms with van der Waals surface area (Å²) in [5, 5.41) is 235. The highest BCUT2D eigenvalue weighted by atomic mass is 16.8. The van der Waals surface area contributed by atoms with E-state index in [0.29, 0.717) is 6.42 Å². The van der Waals surface area contributed by atoms with Gasteiger partial charge in [-0.05, 0) is 6.42 Å². The van der Waals surface area contributed by atoms with E-state index in [9.17, 15) is 107 Å². The first-order valence-corrected chi connectivity index (χ1v) is 26.8. The molecule has 21 heterocycles. The number of aliphatic hydroxyl groups excluding tert-OH is 21. The van der Waals surface area contributed by atoms with Gasteiger partial charge in [0.1, 0.15) is 171 Å². The van der Waals surface area contributed by atoms with Crippen LogP contribution in [0.15, 0.2) is 0 Å². The van der Waals surface area contributed by atoms with Gasteiger partial charge in [-0.25, -0.2) is 0 Å². The lowest BCUT2D eigenvalue weighted by atomic mass is 9.95. The van der Waals surface area contributed by atoms with Gasteiger partial charge in [0.05, 0.1) is 46.2 Å². The summed E-state index contributed by atoms with van der Waals surface area (Å²) < 4.78 is 80.9. The van der Waals surface area contributed by atoms with Crippen LogP contribution in [0.25, 0.3) is 0 Å². The molecule has 0 spiro atoms. The van der Waals surface area contributed by atoms with Gasteiger partial charge >= 0.3 is 0 Å². The predicted molar refractivity (Wildman–Crippen MR) is 251 cm³/mol. The second-order valence-electron chi connectivity index (χ2n) is 21.2. The van der Waals surface area contributed by atoms with E-state index in [1.165, 1.54) is 0 Å². The third-order valence-corrected chi connectivity index (χ3v) is 15.9. The van der Waals surface area contributed by atoms with Crippen LogP contribution in [0.5, 0.6) is 0 Å². The zero-order valence-corrected chi connectivity index (χ0v) is 43.8. The average Bonchev–Trinajstić information content (AvgIpc) is 3.10. The second kappa shape index (κ2) is 28.8. The Labute approximate surface area is 465 Å². The van der Waals surface area contributed by atoms with E-state index in [4.69, 9.17) is 66.3 Å². The van der Waals surface area contributed by atoms with Gasteiger partial charge in [-0.15, -0.1) is 0 Å². The average molecular weight is 1210 g/mol. The molecule has 21 saturated heterocycles. The molecule has 21 fully saturated rings. The van der Waals surface area contributed by atoms with E-state index in [-0.39, 0.29) is 6.54 Å². The molecule has 478 valence electrons. The van der Waals surface area contributed by atoms with Crippen molar-refractivity contribution in [2.24, 2.45) is 0 Å². The van der Waals surface area contributed by atoms with Gasteiger partial charge < -0.3 is 179 Å². The van der Waals surface area contributed by atoms with Crippen molar-refractivity contribution in [1.29, 1.82) is 0 Å². The molecule has 0 aromatic heterocycles. The van der Waals surface area contributed by atoms with Crippen molar-refractivity contribution in [1.82, 2.24) is 5.32 Å². The fourth-order valence-electron chi connectivity index (χ4n) is 11.1. The molecule has 14 bridgehead atoms. The summed E-state index contributed by atoms with van der Waals surface area (Å²) in [5.41, 5.74) is 0. The Balaban J connectivity index is 1.10. The number of rotatable bonds is 11. The first-order valence-electron chi connectivity index (χ1n) is 26.8. The van der Waals surface area contributed by atoms with Crippen molar-refractivity contribution in [3.8, 4) is 0 Å². The van der Waals surface area contributed by atoms with Crippen LogP contribution in [-0.2, 0) is 66.3 Å². The van der Waals surface area contributed by atoms with Gasteiger partial charge in [0.15, 0.2) is 44.0 Å². The maximum atomic E-state index is 11.7. The minimum absolute atomic E-state index is 0.334. The van der Waals surface area contributed by atoms with Crippen LogP contribution in [0.4, 0.5) is 0 Å². The molecule has 21 rings (SSSR count). The highest BCUT2D eigenvalue weighted by Crippen LogP contribution is 2.39. The van der Waals surface area contributed by atoms with Crippen LogP contribution >= 0.6 is 0 Å². The van der Waals surface area contributed by atoms with Crippen molar-refractivity contribution in [3.63, 3.8) is 0 Å². The minimum Gasteiger partial charge on any atom is -0.395 e. The minimum atomic E-state index is -2.21. The largest absolute Gasteiger partial charge is 0.395 e. The van der Waals surface area contributed by atoms with E-state index in [1.54, 1.807) is 6.92 Å². The molecule has 0 radical (unpaired) electrons. The Kier molecular flexibility index (Phi) is 23.4. The zero-order valence-electron chi connectivity index (χ0n) is 43.8. The van der Waals surface area contributed by atoms with Crippen LogP contribution in [0.3, 0.4) is 0 Å². The van der Waals surface area contributed by atoms with Crippen molar-refractivity contribution in [2.45, 2.75) is 234 Å². The van der Waals surface area contributed by atoms with E-state index < -0.39 is 267 Å². The van der Waals surface area contributed by atoms with E-state index in [1.807, 2.05) is 0 Å². The fraction of sp³-hybridized carbons (Fsp3) is 1.00. The maximum absolute atomic E-state index is 11.7. The van der Waals surface area contributed by atoms with Gasteiger partial charge in [-0.1, -0.05) is 6.92 Å². The van der Waals surface area contributed by atoms with E-state index >= 15 is 0 Å². The number of hydrogen-bond donors (Lipinski definition) is 22. The lowest BCUT2D eigenvalue weighted by Gasteiger charge is -2.50. The highest BCUT2D eigenvalue weighted by Gasteiger charge is 2.59. The lowest BCUT2D eigenvalue weighted by Crippen LogP contribution is -2.68. The number of hydrogen-bond acceptors (Lipinski definition) is 36.